The minimum Gasteiger partial charge on any atom is -0.461 e. The molecule has 1 atom stereocenters. The van der Waals surface area contributed by atoms with Crippen molar-refractivity contribution in [2.75, 3.05) is 6.61 Å². The number of rotatable bonds is 14. The van der Waals surface area contributed by atoms with Gasteiger partial charge >= 0.3 is 5.97 Å². The van der Waals surface area contributed by atoms with Crippen LogP contribution in [0.15, 0.2) is 42.6 Å². The van der Waals surface area contributed by atoms with Crippen molar-refractivity contribution in [2.24, 2.45) is 0 Å². The molecule has 0 radical (unpaired) electrons. The molecule has 4 heteroatoms. The molecule has 2 aromatic rings. The minimum atomic E-state index is -0.322. The molecule has 0 bridgehead atoms. The van der Waals surface area contributed by atoms with E-state index in [0.717, 1.165) is 30.5 Å². The van der Waals surface area contributed by atoms with Crippen molar-refractivity contribution in [1.82, 2.24) is 4.98 Å². The first kappa shape index (κ1) is 24.4. The van der Waals surface area contributed by atoms with Crippen LogP contribution >= 0.6 is 11.6 Å². The number of alkyl halides is 1. The molecule has 0 saturated carbocycles. The van der Waals surface area contributed by atoms with E-state index in [1.807, 2.05) is 24.4 Å². The Balaban J connectivity index is 1.78. The Hall–Kier alpha value is -1.87. The molecular formula is C26H36ClNO2. The van der Waals surface area contributed by atoms with Crippen LogP contribution in [-0.4, -0.2) is 22.9 Å². The number of hydrogen-bond acceptors (Lipinski definition) is 3. The molecule has 0 N–H and O–H groups in total. The fraction of sp³-hybridized carbons (Fsp3) is 0.538. The number of esters is 1. The zero-order chi connectivity index (χ0) is 21.6. The lowest BCUT2D eigenvalue weighted by Gasteiger charge is -2.11. The summed E-state index contributed by atoms with van der Waals surface area (Å²) in [5.74, 6) is -0.322. The van der Waals surface area contributed by atoms with E-state index >= 15 is 0 Å². The van der Waals surface area contributed by atoms with Crippen LogP contribution < -0.4 is 0 Å². The summed E-state index contributed by atoms with van der Waals surface area (Å²) < 4.78 is 5.39. The maximum Gasteiger partial charge on any atom is 0.338 e. The highest BCUT2D eigenvalue weighted by Gasteiger charge is 2.12. The lowest BCUT2D eigenvalue weighted by Crippen LogP contribution is -2.14. The third-order valence-corrected chi connectivity index (χ3v) is 5.67. The van der Waals surface area contributed by atoms with Gasteiger partial charge in [0, 0.05) is 11.8 Å². The van der Waals surface area contributed by atoms with Gasteiger partial charge in [-0.2, -0.15) is 0 Å². The molecule has 164 valence electrons. The average molecular weight is 430 g/mol. The second-order valence-corrected chi connectivity index (χ2v) is 8.60. The Bertz CT molecular complexity index is 728. The van der Waals surface area contributed by atoms with Gasteiger partial charge in [-0.15, -0.1) is 11.6 Å². The monoisotopic (exact) mass is 429 g/mol. The van der Waals surface area contributed by atoms with Crippen LogP contribution in [0.1, 0.15) is 87.6 Å². The van der Waals surface area contributed by atoms with E-state index in [0.29, 0.717) is 5.56 Å². The van der Waals surface area contributed by atoms with Crippen LogP contribution in [0.5, 0.6) is 0 Å². The van der Waals surface area contributed by atoms with Gasteiger partial charge in [0.25, 0.3) is 0 Å². The van der Waals surface area contributed by atoms with Gasteiger partial charge in [0.15, 0.2) is 0 Å². The zero-order valence-electron chi connectivity index (χ0n) is 18.5. The van der Waals surface area contributed by atoms with Gasteiger partial charge in [0.1, 0.15) is 6.61 Å². The maximum atomic E-state index is 12.3. The smallest absolute Gasteiger partial charge is 0.338 e. The van der Waals surface area contributed by atoms with Gasteiger partial charge in [-0.05, 0) is 43.0 Å². The number of unbranched alkanes of at least 4 members (excludes halogenated alkanes) is 6. The van der Waals surface area contributed by atoms with Crippen LogP contribution in [0.2, 0.25) is 0 Å². The molecule has 0 spiro atoms. The van der Waals surface area contributed by atoms with Gasteiger partial charge in [-0.1, -0.05) is 77.0 Å². The summed E-state index contributed by atoms with van der Waals surface area (Å²) in [6.07, 6.45) is 13.6. The predicted octanol–water partition coefficient (Wildman–Crippen LogP) is 7.61. The summed E-state index contributed by atoms with van der Waals surface area (Å²) in [4.78, 5) is 16.9. The highest BCUT2D eigenvalue weighted by Crippen LogP contribution is 2.19. The first-order valence-electron chi connectivity index (χ1n) is 11.5. The molecule has 1 heterocycles. The number of carbonyl (C=O) groups excluding carboxylic acids is 1. The molecule has 1 aromatic heterocycles. The fourth-order valence-electron chi connectivity index (χ4n) is 3.40. The molecule has 0 saturated heterocycles. The van der Waals surface area contributed by atoms with Crippen molar-refractivity contribution in [3.63, 3.8) is 0 Å². The topological polar surface area (TPSA) is 39.2 Å². The van der Waals surface area contributed by atoms with Gasteiger partial charge < -0.3 is 4.74 Å². The molecule has 3 nitrogen and oxygen atoms in total. The molecule has 0 aliphatic carbocycles. The van der Waals surface area contributed by atoms with E-state index in [1.54, 1.807) is 12.1 Å². The Morgan fingerprint density at radius 1 is 0.933 bits per heavy atom. The van der Waals surface area contributed by atoms with E-state index in [4.69, 9.17) is 16.3 Å². The molecule has 0 amide bonds. The van der Waals surface area contributed by atoms with Crippen molar-refractivity contribution in [2.45, 2.75) is 83.4 Å². The summed E-state index contributed by atoms with van der Waals surface area (Å²) in [6.45, 7) is 4.68. The quantitative estimate of drug-likeness (QED) is 0.176. The van der Waals surface area contributed by atoms with Crippen LogP contribution in [-0.2, 0) is 11.2 Å². The molecule has 1 aromatic carbocycles. The third kappa shape index (κ3) is 8.87. The number of ether oxygens (including phenoxy) is 1. The van der Waals surface area contributed by atoms with Gasteiger partial charge in [0.2, 0.25) is 0 Å². The lowest BCUT2D eigenvalue weighted by molar-refractivity contribution is 0.0501. The van der Waals surface area contributed by atoms with Gasteiger partial charge in [-0.3, -0.25) is 4.98 Å². The van der Waals surface area contributed by atoms with Crippen LogP contribution in [0, 0.1) is 0 Å². The number of aryl methyl sites for hydroxylation is 1. The predicted molar refractivity (Wildman–Crippen MR) is 126 cm³/mol. The van der Waals surface area contributed by atoms with Crippen molar-refractivity contribution in [1.29, 1.82) is 0 Å². The van der Waals surface area contributed by atoms with E-state index in [9.17, 15) is 4.79 Å². The standard InChI is InChI=1S/C26H36ClNO2/c1-3-5-7-8-10-12-24(27)20-30-26(29)23-16-14-22(15-17-23)25-18-13-21(19-28-25)11-9-6-4-2/h13-19,24H,3-12,20H2,1-2H3/t24-/m1/s1. The highest BCUT2D eigenvalue weighted by molar-refractivity contribution is 6.20. The third-order valence-electron chi connectivity index (χ3n) is 5.33. The molecule has 2 rings (SSSR count). The molecular weight excluding hydrogens is 394 g/mol. The fourth-order valence-corrected chi connectivity index (χ4v) is 3.62. The van der Waals surface area contributed by atoms with E-state index in [2.05, 4.69) is 24.9 Å². The minimum absolute atomic E-state index is 0.116. The molecule has 0 fully saturated rings. The van der Waals surface area contributed by atoms with Crippen LogP contribution in [0.3, 0.4) is 0 Å². The zero-order valence-corrected chi connectivity index (χ0v) is 19.3. The Morgan fingerprint density at radius 3 is 2.30 bits per heavy atom. The van der Waals surface area contributed by atoms with Crippen molar-refractivity contribution >= 4 is 17.6 Å². The Labute approximate surface area is 187 Å². The van der Waals surface area contributed by atoms with Gasteiger partial charge in [0.05, 0.1) is 16.6 Å². The number of benzene rings is 1. The first-order valence-corrected chi connectivity index (χ1v) is 11.9. The Morgan fingerprint density at radius 2 is 1.63 bits per heavy atom. The van der Waals surface area contributed by atoms with Crippen LogP contribution in [0.25, 0.3) is 11.3 Å². The van der Waals surface area contributed by atoms with Crippen LogP contribution in [0.4, 0.5) is 0 Å². The van der Waals surface area contributed by atoms with E-state index in [1.165, 1.54) is 50.5 Å². The molecule has 0 unspecified atom stereocenters. The van der Waals surface area contributed by atoms with E-state index in [-0.39, 0.29) is 18.0 Å². The summed E-state index contributed by atoms with van der Waals surface area (Å²) in [5, 5.41) is -0.116. The maximum absolute atomic E-state index is 12.3. The molecule has 0 aliphatic heterocycles. The highest BCUT2D eigenvalue weighted by atomic mass is 35.5. The van der Waals surface area contributed by atoms with Crippen molar-refractivity contribution < 1.29 is 9.53 Å². The number of halogens is 1. The number of pyridine rings is 1. The number of aromatic nitrogens is 1. The summed E-state index contributed by atoms with van der Waals surface area (Å²) in [5.41, 5.74) is 3.72. The van der Waals surface area contributed by atoms with Crippen molar-refractivity contribution in [3.8, 4) is 11.3 Å². The normalized spacial score (nSPS) is 12.0. The molecule has 30 heavy (non-hydrogen) atoms. The Kier molecular flexibility index (Phi) is 11.5. The second-order valence-electron chi connectivity index (χ2n) is 7.98. The lowest BCUT2D eigenvalue weighted by atomic mass is 10.1. The summed E-state index contributed by atoms with van der Waals surface area (Å²) >= 11 is 6.30. The largest absolute Gasteiger partial charge is 0.461 e. The van der Waals surface area contributed by atoms with Crippen molar-refractivity contribution in [3.05, 3.63) is 53.7 Å². The first-order chi connectivity index (χ1) is 14.6. The van der Waals surface area contributed by atoms with Gasteiger partial charge in [-0.25, -0.2) is 4.79 Å². The molecule has 0 aliphatic rings. The number of nitrogens with zero attached hydrogens (tertiary/aromatic N) is 1. The van der Waals surface area contributed by atoms with E-state index < -0.39 is 0 Å². The second kappa shape index (κ2) is 14.2. The number of carbonyl (C=O) groups is 1. The summed E-state index contributed by atoms with van der Waals surface area (Å²) in [6, 6.07) is 11.6. The SMILES string of the molecule is CCCCCCC[C@@H](Cl)COC(=O)c1ccc(-c2ccc(CCCCC)cn2)cc1. The average Bonchev–Trinajstić information content (AvgIpc) is 2.78. The summed E-state index contributed by atoms with van der Waals surface area (Å²) in [7, 11) is 0. The number of hydrogen-bond donors (Lipinski definition) is 0.